The lowest BCUT2D eigenvalue weighted by Gasteiger charge is -2.10. The van der Waals surface area contributed by atoms with Gasteiger partial charge in [-0.3, -0.25) is 0 Å². The Hall–Kier alpha value is -1.59. The first kappa shape index (κ1) is 17.2. The molecule has 24 heavy (non-hydrogen) atoms. The standard InChI is InChI=1S/C18H16Cl2N2OS/c1-10-16(14-7-13(19)8-15(20)17(14)23-2)22-18(24-10)12-5-3-4-11(6-12)9-21/h3-8H,9,21H2,1-2H3. The fourth-order valence-electron chi connectivity index (χ4n) is 2.54. The summed E-state index contributed by atoms with van der Waals surface area (Å²) in [6, 6.07) is 11.6. The van der Waals surface area contributed by atoms with E-state index in [9.17, 15) is 0 Å². The summed E-state index contributed by atoms with van der Waals surface area (Å²) in [6.45, 7) is 2.53. The molecule has 0 fully saturated rings. The highest BCUT2D eigenvalue weighted by Gasteiger charge is 2.18. The second-order valence-corrected chi connectivity index (χ2v) is 7.34. The molecule has 3 rings (SSSR count). The summed E-state index contributed by atoms with van der Waals surface area (Å²) in [6.07, 6.45) is 0. The number of ether oxygens (including phenoxy) is 1. The molecule has 2 N–H and O–H groups in total. The van der Waals surface area contributed by atoms with E-state index in [1.165, 1.54) is 0 Å². The Morgan fingerprint density at radius 1 is 1.21 bits per heavy atom. The molecule has 6 heteroatoms. The third-order valence-electron chi connectivity index (χ3n) is 3.67. The summed E-state index contributed by atoms with van der Waals surface area (Å²) >= 11 is 14.0. The van der Waals surface area contributed by atoms with Crippen LogP contribution in [-0.2, 0) is 6.54 Å². The summed E-state index contributed by atoms with van der Waals surface area (Å²) in [4.78, 5) is 5.87. The molecule has 0 bridgehead atoms. The van der Waals surface area contributed by atoms with E-state index in [0.717, 1.165) is 32.3 Å². The highest BCUT2D eigenvalue weighted by atomic mass is 35.5. The maximum Gasteiger partial charge on any atom is 0.146 e. The van der Waals surface area contributed by atoms with E-state index in [2.05, 4.69) is 6.07 Å². The van der Waals surface area contributed by atoms with Gasteiger partial charge in [-0.25, -0.2) is 4.98 Å². The molecule has 0 unspecified atom stereocenters. The van der Waals surface area contributed by atoms with Gasteiger partial charge in [0.15, 0.2) is 0 Å². The van der Waals surface area contributed by atoms with Crippen molar-refractivity contribution in [1.82, 2.24) is 4.98 Å². The summed E-state index contributed by atoms with van der Waals surface area (Å²) < 4.78 is 5.45. The minimum absolute atomic E-state index is 0.471. The van der Waals surface area contributed by atoms with Crippen molar-refractivity contribution in [3.05, 3.63) is 56.9 Å². The lowest BCUT2D eigenvalue weighted by molar-refractivity contribution is 0.416. The molecule has 0 saturated heterocycles. The number of nitrogens with two attached hydrogens (primary N) is 1. The molecule has 0 saturated carbocycles. The van der Waals surface area contributed by atoms with Crippen molar-refractivity contribution in [2.45, 2.75) is 13.5 Å². The zero-order valence-electron chi connectivity index (χ0n) is 13.3. The molecule has 0 aliphatic carbocycles. The van der Waals surface area contributed by atoms with Crippen LogP contribution < -0.4 is 10.5 Å². The Kier molecular flexibility index (Phi) is 5.11. The molecule has 0 radical (unpaired) electrons. The number of benzene rings is 2. The topological polar surface area (TPSA) is 48.1 Å². The Bertz CT molecular complexity index is 893. The third kappa shape index (κ3) is 3.28. The molecular formula is C18H16Cl2N2OS. The highest BCUT2D eigenvalue weighted by molar-refractivity contribution is 7.15. The third-order valence-corrected chi connectivity index (χ3v) is 5.19. The maximum atomic E-state index is 6.25. The first-order valence-corrected chi connectivity index (χ1v) is 8.91. The van der Waals surface area contributed by atoms with Crippen LogP contribution in [0, 0.1) is 6.92 Å². The van der Waals surface area contributed by atoms with E-state index in [1.807, 2.05) is 31.2 Å². The Labute approximate surface area is 155 Å². The van der Waals surface area contributed by atoms with Gasteiger partial charge in [0.1, 0.15) is 10.8 Å². The SMILES string of the molecule is COc1c(Cl)cc(Cl)cc1-c1nc(-c2cccc(CN)c2)sc1C. The number of methoxy groups -OCH3 is 1. The molecule has 1 heterocycles. The molecule has 0 atom stereocenters. The van der Waals surface area contributed by atoms with Crippen LogP contribution in [0.25, 0.3) is 21.8 Å². The first-order valence-electron chi connectivity index (χ1n) is 7.33. The number of hydrogen-bond acceptors (Lipinski definition) is 4. The average molecular weight is 379 g/mol. The highest BCUT2D eigenvalue weighted by Crippen LogP contribution is 2.42. The predicted octanol–water partition coefficient (Wildman–Crippen LogP) is 5.56. The second-order valence-electron chi connectivity index (χ2n) is 5.30. The quantitative estimate of drug-likeness (QED) is 0.646. The van der Waals surface area contributed by atoms with Crippen molar-refractivity contribution in [2.24, 2.45) is 5.73 Å². The van der Waals surface area contributed by atoms with Crippen LogP contribution in [0.4, 0.5) is 0 Å². The monoisotopic (exact) mass is 378 g/mol. The summed E-state index contributed by atoms with van der Waals surface area (Å²) in [7, 11) is 1.59. The number of thiazole rings is 1. The van der Waals surface area contributed by atoms with Crippen molar-refractivity contribution >= 4 is 34.5 Å². The van der Waals surface area contributed by atoms with Crippen LogP contribution in [0.5, 0.6) is 5.75 Å². The number of nitrogens with zero attached hydrogens (tertiary/aromatic N) is 1. The van der Waals surface area contributed by atoms with Gasteiger partial charge >= 0.3 is 0 Å². The van der Waals surface area contributed by atoms with Gasteiger partial charge in [0.2, 0.25) is 0 Å². The minimum Gasteiger partial charge on any atom is -0.494 e. The molecule has 2 aromatic carbocycles. The van der Waals surface area contributed by atoms with Gasteiger partial charge in [-0.15, -0.1) is 11.3 Å². The van der Waals surface area contributed by atoms with Crippen molar-refractivity contribution in [2.75, 3.05) is 7.11 Å². The normalized spacial score (nSPS) is 10.9. The Balaban J connectivity index is 2.13. The van der Waals surface area contributed by atoms with E-state index < -0.39 is 0 Å². The fraction of sp³-hybridized carbons (Fsp3) is 0.167. The lowest BCUT2D eigenvalue weighted by Crippen LogP contribution is -1.95. The summed E-state index contributed by atoms with van der Waals surface area (Å²) in [5, 5.41) is 1.95. The van der Waals surface area contributed by atoms with Crippen molar-refractivity contribution in [3.63, 3.8) is 0 Å². The second kappa shape index (κ2) is 7.11. The molecule has 124 valence electrons. The van der Waals surface area contributed by atoms with Crippen molar-refractivity contribution < 1.29 is 4.74 Å². The fourth-order valence-corrected chi connectivity index (χ4v) is 4.04. The van der Waals surface area contributed by atoms with Gasteiger partial charge in [0.05, 0.1) is 17.8 Å². The van der Waals surface area contributed by atoms with Crippen molar-refractivity contribution in [3.8, 4) is 27.6 Å². The number of hydrogen-bond donors (Lipinski definition) is 1. The zero-order valence-corrected chi connectivity index (χ0v) is 15.6. The minimum atomic E-state index is 0.471. The van der Waals surface area contributed by atoms with Gasteiger partial charge in [-0.2, -0.15) is 0 Å². The first-order chi connectivity index (χ1) is 11.5. The van der Waals surface area contributed by atoms with Crippen LogP contribution in [0.2, 0.25) is 10.0 Å². The number of rotatable bonds is 4. The molecule has 0 aliphatic heterocycles. The van der Waals surface area contributed by atoms with E-state index in [1.54, 1.807) is 24.5 Å². The van der Waals surface area contributed by atoms with Crippen LogP contribution in [-0.4, -0.2) is 12.1 Å². The van der Waals surface area contributed by atoms with Crippen LogP contribution in [0.15, 0.2) is 36.4 Å². The smallest absolute Gasteiger partial charge is 0.146 e. The molecule has 0 spiro atoms. The Morgan fingerprint density at radius 2 is 2.00 bits per heavy atom. The van der Waals surface area contributed by atoms with Crippen LogP contribution in [0.1, 0.15) is 10.4 Å². The molecule has 3 aromatic rings. The maximum absolute atomic E-state index is 6.25. The van der Waals surface area contributed by atoms with E-state index in [4.69, 9.17) is 38.7 Å². The number of aromatic nitrogens is 1. The molecule has 0 amide bonds. The molecule has 3 nitrogen and oxygen atoms in total. The van der Waals surface area contributed by atoms with Gasteiger partial charge in [0.25, 0.3) is 0 Å². The number of halogens is 2. The van der Waals surface area contributed by atoms with Gasteiger partial charge < -0.3 is 10.5 Å². The zero-order chi connectivity index (χ0) is 17.3. The van der Waals surface area contributed by atoms with E-state index >= 15 is 0 Å². The number of aryl methyl sites for hydroxylation is 1. The van der Waals surface area contributed by atoms with Gasteiger partial charge in [-0.1, -0.05) is 41.4 Å². The van der Waals surface area contributed by atoms with E-state index in [0.29, 0.717) is 22.3 Å². The molecular weight excluding hydrogens is 363 g/mol. The van der Waals surface area contributed by atoms with Gasteiger partial charge in [-0.05, 0) is 30.7 Å². The average Bonchev–Trinajstić information content (AvgIpc) is 2.96. The van der Waals surface area contributed by atoms with Crippen LogP contribution >= 0.6 is 34.5 Å². The van der Waals surface area contributed by atoms with Crippen LogP contribution in [0.3, 0.4) is 0 Å². The summed E-state index contributed by atoms with van der Waals surface area (Å²) in [5.74, 6) is 0.580. The Morgan fingerprint density at radius 3 is 2.71 bits per heavy atom. The van der Waals surface area contributed by atoms with Crippen molar-refractivity contribution in [1.29, 1.82) is 0 Å². The predicted molar refractivity (Wildman–Crippen MR) is 102 cm³/mol. The molecule has 0 aliphatic rings. The summed E-state index contributed by atoms with van der Waals surface area (Å²) in [5.41, 5.74) is 9.48. The largest absolute Gasteiger partial charge is 0.494 e. The molecule has 1 aromatic heterocycles. The van der Waals surface area contributed by atoms with E-state index in [-0.39, 0.29) is 0 Å². The lowest BCUT2D eigenvalue weighted by atomic mass is 10.1. The van der Waals surface area contributed by atoms with Gasteiger partial charge in [0, 0.05) is 27.6 Å².